The number of urea groups is 1. The topological polar surface area (TPSA) is 78.5 Å². The predicted octanol–water partition coefficient (Wildman–Crippen LogP) is 4.18. The quantitative estimate of drug-likeness (QED) is 0.722. The second-order valence-electron chi connectivity index (χ2n) is 7.68. The average Bonchev–Trinajstić information content (AvgIpc) is 2.89. The Kier molecular flexibility index (Phi) is 5.66. The van der Waals surface area contributed by atoms with Gasteiger partial charge in [0.05, 0.1) is 0 Å². The number of imide groups is 1. The fourth-order valence-electron chi connectivity index (χ4n) is 3.31. The summed E-state index contributed by atoms with van der Waals surface area (Å²) < 4.78 is 0. The fourth-order valence-corrected chi connectivity index (χ4v) is 3.49. The summed E-state index contributed by atoms with van der Waals surface area (Å²) in [7, 11) is 0. The first-order valence-corrected chi connectivity index (χ1v) is 9.81. The molecule has 0 radical (unpaired) electrons. The Morgan fingerprint density at radius 2 is 1.83 bits per heavy atom. The van der Waals surface area contributed by atoms with E-state index in [9.17, 15) is 14.4 Å². The van der Waals surface area contributed by atoms with Crippen LogP contribution in [0.25, 0.3) is 0 Å². The molecule has 6 nitrogen and oxygen atoms in total. The van der Waals surface area contributed by atoms with Crippen molar-refractivity contribution >= 4 is 35.1 Å². The van der Waals surface area contributed by atoms with Gasteiger partial charge in [0.25, 0.3) is 5.91 Å². The van der Waals surface area contributed by atoms with Crippen molar-refractivity contribution in [2.45, 2.75) is 39.2 Å². The summed E-state index contributed by atoms with van der Waals surface area (Å²) in [6.07, 6.45) is 0. The molecule has 3 rings (SSSR count). The molecule has 4 amide bonds. The van der Waals surface area contributed by atoms with Crippen molar-refractivity contribution in [3.63, 3.8) is 0 Å². The van der Waals surface area contributed by atoms with Gasteiger partial charge in [-0.05, 0) is 48.6 Å². The minimum Gasteiger partial charge on any atom is -0.324 e. The standard InChI is InChI=1S/C22H24ClN3O3/c1-13(2)15-8-10-16(11-9-15)22(4)20(28)26(21(29)25-22)12-19(27)24-18-7-5-6-17(23)14(18)3/h5-11,13H,12H2,1-4H3,(H,24,27)(H,25,29). The molecule has 29 heavy (non-hydrogen) atoms. The van der Waals surface area contributed by atoms with Crippen LogP contribution >= 0.6 is 11.6 Å². The van der Waals surface area contributed by atoms with Crippen LogP contribution in [-0.4, -0.2) is 29.3 Å². The van der Waals surface area contributed by atoms with E-state index in [1.54, 1.807) is 32.0 Å². The number of amides is 4. The molecule has 1 aliphatic rings. The summed E-state index contributed by atoms with van der Waals surface area (Å²) in [5, 5.41) is 5.95. The van der Waals surface area contributed by atoms with Crippen molar-refractivity contribution in [2.75, 3.05) is 11.9 Å². The molecule has 1 saturated heterocycles. The van der Waals surface area contributed by atoms with Crippen LogP contribution in [0.15, 0.2) is 42.5 Å². The Morgan fingerprint density at radius 3 is 2.45 bits per heavy atom. The predicted molar refractivity (Wildman–Crippen MR) is 113 cm³/mol. The van der Waals surface area contributed by atoms with E-state index in [2.05, 4.69) is 24.5 Å². The molecular formula is C22H24ClN3O3. The number of carbonyl (C=O) groups is 3. The van der Waals surface area contributed by atoms with Crippen LogP contribution in [-0.2, 0) is 15.1 Å². The van der Waals surface area contributed by atoms with Crippen LogP contribution in [0.5, 0.6) is 0 Å². The summed E-state index contributed by atoms with van der Waals surface area (Å²) in [4.78, 5) is 38.9. The van der Waals surface area contributed by atoms with E-state index < -0.39 is 23.4 Å². The number of hydrogen-bond donors (Lipinski definition) is 2. The molecule has 0 aliphatic carbocycles. The lowest BCUT2D eigenvalue weighted by atomic mass is 9.90. The van der Waals surface area contributed by atoms with E-state index in [1.807, 2.05) is 24.3 Å². The summed E-state index contributed by atoms with van der Waals surface area (Å²) in [6.45, 7) is 7.22. The van der Waals surface area contributed by atoms with Crippen molar-refractivity contribution in [1.82, 2.24) is 10.2 Å². The normalized spacial score (nSPS) is 18.9. The molecule has 152 valence electrons. The van der Waals surface area contributed by atoms with Crippen LogP contribution in [0.3, 0.4) is 0 Å². The summed E-state index contributed by atoms with van der Waals surface area (Å²) in [5.74, 6) is -0.572. The number of hydrogen-bond acceptors (Lipinski definition) is 3. The number of rotatable bonds is 5. The first-order chi connectivity index (χ1) is 13.6. The van der Waals surface area contributed by atoms with E-state index in [4.69, 9.17) is 11.6 Å². The highest BCUT2D eigenvalue weighted by Gasteiger charge is 2.49. The van der Waals surface area contributed by atoms with Crippen molar-refractivity contribution in [3.05, 3.63) is 64.2 Å². The number of carbonyl (C=O) groups excluding carboxylic acids is 3. The van der Waals surface area contributed by atoms with E-state index in [0.29, 0.717) is 22.2 Å². The number of halogens is 1. The molecule has 2 aromatic rings. The zero-order valence-electron chi connectivity index (χ0n) is 16.9. The first-order valence-electron chi connectivity index (χ1n) is 9.43. The molecule has 1 aliphatic heterocycles. The molecule has 1 heterocycles. The molecular weight excluding hydrogens is 390 g/mol. The Balaban J connectivity index is 1.76. The van der Waals surface area contributed by atoms with Gasteiger partial charge in [-0.25, -0.2) is 4.79 Å². The van der Waals surface area contributed by atoms with Gasteiger partial charge >= 0.3 is 6.03 Å². The Labute approximate surface area is 175 Å². The van der Waals surface area contributed by atoms with E-state index in [1.165, 1.54) is 0 Å². The molecule has 0 saturated carbocycles. The zero-order valence-corrected chi connectivity index (χ0v) is 17.6. The second-order valence-corrected chi connectivity index (χ2v) is 8.09. The van der Waals surface area contributed by atoms with Gasteiger partial charge in [0.2, 0.25) is 5.91 Å². The van der Waals surface area contributed by atoms with Crippen molar-refractivity contribution in [1.29, 1.82) is 0 Å². The first kappa shape index (κ1) is 20.9. The third-order valence-electron chi connectivity index (χ3n) is 5.27. The molecule has 0 bridgehead atoms. The molecule has 2 aromatic carbocycles. The second kappa shape index (κ2) is 7.87. The number of nitrogens with zero attached hydrogens (tertiary/aromatic N) is 1. The molecule has 0 aromatic heterocycles. The molecule has 2 N–H and O–H groups in total. The zero-order chi connectivity index (χ0) is 21.3. The average molecular weight is 414 g/mol. The maximum atomic E-state index is 13.0. The van der Waals surface area contributed by atoms with Crippen molar-refractivity contribution < 1.29 is 14.4 Å². The van der Waals surface area contributed by atoms with E-state index >= 15 is 0 Å². The van der Waals surface area contributed by atoms with Crippen LogP contribution in [0.4, 0.5) is 10.5 Å². The minimum atomic E-state index is -1.21. The Hall–Kier alpha value is -2.86. The van der Waals surface area contributed by atoms with Gasteiger partial charge in [0, 0.05) is 10.7 Å². The smallest absolute Gasteiger partial charge is 0.324 e. The molecule has 7 heteroatoms. The number of anilines is 1. The fraction of sp³-hybridized carbons (Fsp3) is 0.318. The number of nitrogens with one attached hydrogen (secondary N) is 2. The van der Waals surface area contributed by atoms with Crippen LogP contribution in [0.2, 0.25) is 5.02 Å². The van der Waals surface area contributed by atoms with Crippen LogP contribution in [0.1, 0.15) is 43.4 Å². The summed E-state index contributed by atoms with van der Waals surface area (Å²) >= 11 is 6.07. The summed E-state index contributed by atoms with van der Waals surface area (Å²) in [5.41, 5.74) is 1.87. The lowest BCUT2D eigenvalue weighted by molar-refractivity contribution is -0.133. The highest BCUT2D eigenvalue weighted by Crippen LogP contribution is 2.30. The SMILES string of the molecule is Cc1c(Cl)cccc1NC(=O)CN1C(=O)NC(C)(c2ccc(C(C)C)cc2)C1=O. The minimum absolute atomic E-state index is 0.362. The molecule has 1 unspecified atom stereocenters. The number of benzene rings is 2. The maximum absolute atomic E-state index is 13.0. The Bertz CT molecular complexity index is 972. The van der Waals surface area contributed by atoms with Gasteiger partial charge in [0.15, 0.2) is 0 Å². The largest absolute Gasteiger partial charge is 0.325 e. The van der Waals surface area contributed by atoms with Crippen LogP contribution in [0, 0.1) is 6.92 Å². The van der Waals surface area contributed by atoms with E-state index in [-0.39, 0.29) is 6.54 Å². The van der Waals surface area contributed by atoms with Gasteiger partial charge in [-0.2, -0.15) is 0 Å². The molecule has 1 fully saturated rings. The van der Waals surface area contributed by atoms with Crippen molar-refractivity contribution in [3.8, 4) is 0 Å². The van der Waals surface area contributed by atoms with Gasteiger partial charge in [-0.15, -0.1) is 0 Å². The van der Waals surface area contributed by atoms with Crippen molar-refractivity contribution in [2.24, 2.45) is 0 Å². The van der Waals surface area contributed by atoms with E-state index in [0.717, 1.165) is 16.0 Å². The summed E-state index contributed by atoms with van der Waals surface area (Å²) in [6, 6.07) is 12.1. The third-order valence-corrected chi connectivity index (χ3v) is 5.68. The van der Waals surface area contributed by atoms with Crippen LogP contribution < -0.4 is 10.6 Å². The molecule has 0 spiro atoms. The van der Waals surface area contributed by atoms with Gasteiger partial charge in [-0.3, -0.25) is 14.5 Å². The lowest BCUT2D eigenvalue weighted by Crippen LogP contribution is -2.42. The van der Waals surface area contributed by atoms with Gasteiger partial charge in [-0.1, -0.05) is 55.8 Å². The Morgan fingerprint density at radius 1 is 1.17 bits per heavy atom. The highest BCUT2D eigenvalue weighted by molar-refractivity contribution is 6.31. The monoisotopic (exact) mass is 413 g/mol. The highest BCUT2D eigenvalue weighted by atomic mass is 35.5. The van der Waals surface area contributed by atoms with Gasteiger partial charge < -0.3 is 10.6 Å². The maximum Gasteiger partial charge on any atom is 0.325 e. The lowest BCUT2D eigenvalue weighted by Gasteiger charge is -2.23. The third kappa shape index (κ3) is 3.98. The molecule has 1 atom stereocenters. The van der Waals surface area contributed by atoms with Gasteiger partial charge in [0.1, 0.15) is 12.1 Å².